The quantitative estimate of drug-likeness (QED) is 0.879. The van der Waals surface area contributed by atoms with Gasteiger partial charge in [0.2, 0.25) is 0 Å². The average molecular weight is 311 g/mol. The molecular weight excluding hydrogens is 290 g/mol. The van der Waals surface area contributed by atoms with Gasteiger partial charge in [-0.15, -0.1) is 0 Å². The fraction of sp³-hybridized carbons (Fsp3) is 0.471. The Kier molecular flexibility index (Phi) is 3.41. The van der Waals surface area contributed by atoms with E-state index in [2.05, 4.69) is 10.4 Å². The van der Waals surface area contributed by atoms with Crippen LogP contribution in [0.2, 0.25) is 0 Å². The summed E-state index contributed by atoms with van der Waals surface area (Å²) in [6.07, 6.45) is 10.3. The van der Waals surface area contributed by atoms with Crippen LogP contribution >= 0.6 is 0 Å². The Bertz CT molecular complexity index is 716. The van der Waals surface area contributed by atoms with Gasteiger partial charge in [0.25, 0.3) is 5.91 Å². The minimum atomic E-state index is -0.245. The second-order valence-corrected chi connectivity index (χ2v) is 6.46. The SMILES string of the molecule is CN1NC(=O)c2cc(-c3ccncc3)nn2C12CCCCCC2. The fourth-order valence-electron chi connectivity index (χ4n) is 3.82. The number of pyridine rings is 1. The van der Waals surface area contributed by atoms with Crippen molar-refractivity contribution in [1.82, 2.24) is 25.2 Å². The minimum Gasteiger partial charge on any atom is -0.281 e. The summed E-state index contributed by atoms with van der Waals surface area (Å²) in [4.78, 5) is 16.5. The van der Waals surface area contributed by atoms with Crippen LogP contribution in [-0.2, 0) is 5.66 Å². The van der Waals surface area contributed by atoms with Crippen molar-refractivity contribution in [2.24, 2.45) is 0 Å². The van der Waals surface area contributed by atoms with Crippen LogP contribution in [0.1, 0.15) is 49.0 Å². The molecule has 1 N–H and O–H groups in total. The van der Waals surface area contributed by atoms with E-state index in [4.69, 9.17) is 5.10 Å². The van der Waals surface area contributed by atoms with E-state index in [9.17, 15) is 4.79 Å². The fourth-order valence-corrected chi connectivity index (χ4v) is 3.82. The van der Waals surface area contributed by atoms with E-state index in [-0.39, 0.29) is 11.6 Å². The number of nitrogens with zero attached hydrogens (tertiary/aromatic N) is 4. The van der Waals surface area contributed by atoms with Crippen molar-refractivity contribution in [3.8, 4) is 11.3 Å². The van der Waals surface area contributed by atoms with Crippen LogP contribution in [0, 0.1) is 0 Å². The van der Waals surface area contributed by atoms with Gasteiger partial charge < -0.3 is 0 Å². The molecule has 1 amide bonds. The van der Waals surface area contributed by atoms with Crippen LogP contribution in [0.15, 0.2) is 30.6 Å². The van der Waals surface area contributed by atoms with Gasteiger partial charge in [-0.2, -0.15) is 10.1 Å². The highest BCUT2D eigenvalue weighted by Crippen LogP contribution is 2.39. The zero-order valence-corrected chi connectivity index (χ0v) is 13.3. The lowest BCUT2D eigenvalue weighted by Gasteiger charge is -2.45. The molecule has 0 atom stereocenters. The number of fused-ring (bicyclic) bond motifs is 2. The second-order valence-electron chi connectivity index (χ2n) is 6.46. The van der Waals surface area contributed by atoms with Crippen molar-refractivity contribution in [1.29, 1.82) is 0 Å². The Labute approximate surface area is 135 Å². The molecule has 6 heteroatoms. The highest BCUT2D eigenvalue weighted by Gasteiger charge is 2.44. The van der Waals surface area contributed by atoms with E-state index in [1.54, 1.807) is 12.4 Å². The van der Waals surface area contributed by atoms with Crippen LogP contribution in [0.4, 0.5) is 0 Å². The third kappa shape index (κ3) is 2.25. The summed E-state index contributed by atoms with van der Waals surface area (Å²) in [5.41, 5.74) is 5.23. The number of hydrogen-bond acceptors (Lipinski definition) is 4. The molecule has 1 aliphatic heterocycles. The summed E-state index contributed by atoms with van der Waals surface area (Å²) in [5, 5.41) is 6.80. The first kappa shape index (κ1) is 14.4. The number of hydrazine groups is 1. The number of carbonyl (C=O) groups excluding carboxylic acids is 1. The van der Waals surface area contributed by atoms with Crippen molar-refractivity contribution < 1.29 is 4.79 Å². The minimum absolute atomic E-state index is 0.0878. The van der Waals surface area contributed by atoms with Crippen LogP contribution < -0.4 is 5.43 Å². The molecule has 1 spiro atoms. The van der Waals surface area contributed by atoms with Crippen molar-refractivity contribution in [2.45, 2.75) is 44.2 Å². The average Bonchev–Trinajstić information content (AvgIpc) is 2.88. The van der Waals surface area contributed by atoms with Crippen LogP contribution in [-0.4, -0.2) is 32.7 Å². The maximum atomic E-state index is 12.4. The zero-order valence-electron chi connectivity index (χ0n) is 13.3. The molecule has 0 radical (unpaired) electrons. The Morgan fingerprint density at radius 2 is 1.83 bits per heavy atom. The molecule has 1 saturated carbocycles. The van der Waals surface area contributed by atoms with E-state index in [1.807, 2.05) is 34.9 Å². The number of rotatable bonds is 1. The molecule has 0 unspecified atom stereocenters. The zero-order chi connectivity index (χ0) is 15.9. The molecule has 0 aromatic carbocycles. The number of hydrogen-bond donors (Lipinski definition) is 1. The second kappa shape index (κ2) is 5.45. The van der Waals surface area contributed by atoms with Gasteiger partial charge in [0.1, 0.15) is 11.4 Å². The highest BCUT2D eigenvalue weighted by molar-refractivity contribution is 5.94. The normalized spacial score (nSPS) is 20.8. The molecule has 2 aromatic rings. The topological polar surface area (TPSA) is 63.1 Å². The van der Waals surface area contributed by atoms with Crippen molar-refractivity contribution in [3.05, 3.63) is 36.3 Å². The summed E-state index contributed by atoms with van der Waals surface area (Å²) in [6.45, 7) is 0. The summed E-state index contributed by atoms with van der Waals surface area (Å²) >= 11 is 0. The third-order valence-electron chi connectivity index (χ3n) is 5.11. The first-order valence-electron chi connectivity index (χ1n) is 8.26. The molecule has 2 aliphatic rings. The number of amides is 1. The number of carbonyl (C=O) groups is 1. The molecule has 3 heterocycles. The Hall–Kier alpha value is -2.21. The summed E-state index contributed by atoms with van der Waals surface area (Å²) in [6, 6.07) is 5.75. The third-order valence-corrected chi connectivity index (χ3v) is 5.11. The van der Waals surface area contributed by atoms with Gasteiger partial charge in [-0.3, -0.25) is 15.2 Å². The lowest BCUT2D eigenvalue weighted by molar-refractivity contribution is -0.0380. The lowest BCUT2D eigenvalue weighted by Crippen LogP contribution is -2.61. The Morgan fingerprint density at radius 1 is 1.13 bits per heavy atom. The van der Waals surface area contributed by atoms with Gasteiger partial charge in [0, 0.05) is 25.0 Å². The molecule has 1 aliphatic carbocycles. The molecule has 0 bridgehead atoms. The van der Waals surface area contributed by atoms with Crippen molar-refractivity contribution in [2.75, 3.05) is 7.05 Å². The van der Waals surface area contributed by atoms with Crippen LogP contribution in [0.5, 0.6) is 0 Å². The summed E-state index contributed by atoms with van der Waals surface area (Å²) in [7, 11) is 1.96. The van der Waals surface area contributed by atoms with Crippen molar-refractivity contribution in [3.63, 3.8) is 0 Å². The van der Waals surface area contributed by atoms with E-state index < -0.39 is 0 Å². The standard InChI is InChI=1S/C17H21N5O/c1-21-17(8-4-2-3-5-9-17)22-15(16(23)20-21)12-14(19-22)13-6-10-18-11-7-13/h6-7,10-12H,2-5,8-9H2,1H3,(H,20,23). The molecule has 4 rings (SSSR count). The van der Waals surface area contributed by atoms with E-state index in [0.717, 1.165) is 36.9 Å². The van der Waals surface area contributed by atoms with Crippen LogP contribution in [0.3, 0.4) is 0 Å². The predicted octanol–water partition coefficient (Wildman–Crippen LogP) is 2.54. The maximum Gasteiger partial charge on any atom is 0.284 e. The van der Waals surface area contributed by atoms with E-state index in [1.165, 1.54) is 12.8 Å². The van der Waals surface area contributed by atoms with Gasteiger partial charge in [0.15, 0.2) is 0 Å². The number of aromatic nitrogens is 3. The monoisotopic (exact) mass is 311 g/mol. The van der Waals surface area contributed by atoms with Crippen LogP contribution in [0.25, 0.3) is 11.3 Å². The van der Waals surface area contributed by atoms with Gasteiger partial charge in [-0.25, -0.2) is 4.68 Å². The largest absolute Gasteiger partial charge is 0.284 e. The maximum absolute atomic E-state index is 12.4. The number of nitrogens with one attached hydrogen (secondary N) is 1. The van der Waals surface area contributed by atoms with E-state index >= 15 is 0 Å². The van der Waals surface area contributed by atoms with Gasteiger partial charge >= 0.3 is 0 Å². The van der Waals surface area contributed by atoms with Crippen molar-refractivity contribution >= 4 is 5.91 Å². The smallest absolute Gasteiger partial charge is 0.281 e. The molecule has 23 heavy (non-hydrogen) atoms. The van der Waals surface area contributed by atoms with E-state index in [0.29, 0.717) is 5.69 Å². The summed E-state index contributed by atoms with van der Waals surface area (Å²) < 4.78 is 1.97. The Balaban J connectivity index is 1.85. The van der Waals surface area contributed by atoms with Gasteiger partial charge in [-0.1, -0.05) is 12.8 Å². The molecular formula is C17H21N5O. The molecule has 2 aromatic heterocycles. The molecule has 0 saturated heterocycles. The van der Waals surface area contributed by atoms with Gasteiger partial charge in [0.05, 0.1) is 5.69 Å². The molecule has 1 fully saturated rings. The van der Waals surface area contributed by atoms with Gasteiger partial charge in [-0.05, 0) is 43.9 Å². The molecule has 120 valence electrons. The molecule has 6 nitrogen and oxygen atoms in total. The Morgan fingerprint density at radius 3 is 2.52 bits per heavy atom. The predicted molar refractivity (Wildman–Crippen MR) is 86.4 cm³/mol. The summed E-state index contributed by atoms with van der Waals surface area (Å²) in [5.74, 6) is -0.0878. The first-order chi connectivity index (χ1) is 11.2. The lowest BCUT2D eigenvalue weighted by atomic mass is 9.98. The first-order valence-corrected chi connectivity index (χ1v) is 8.26. The highest BCUT2D eigenvalue weighted by atomic mass is 16.2.